The second kappa shape index (κ2) is 8.07. The highest BCUT2D eigenvalue weighted by molar-refractivity contribution is 6.05. The number of nitrogens with zero attached hydrogens (tertiary/aromatic N) is 2. The van der Waals surface area contributed by atoms with E-state index >= 15 is 0 Å². The number of hydrogen-bond acceptors (Lipinski definition) is 7. The van der Waals surface area contributed by atoms with Crippen molar-refractivity contribution in [2.45, 2.75) is 38.5 Å². The van der Waals surface area contributed by atoms with Gasteiger partial charge in [0.15, 0.2) is 0 Å². The normalized spacial score (nSPS) is 18.4. The molecule has 10 heteroatoms. The number of hydrogen-bond donors (Lipinski definition) is 4. The quantitative estimate of drug-likeness (QED) is 0.487. The summed E-state index contributed by atoms with van der Waals surface area (Å²) in [6.07, 6.45) is 0.560. The number of aromatic amines is 1. The van der Waals surface area contributed by atoms with Gasteiger partial charge in [0.1, 0.15) is 6.04 Å². The van der Waals surface area contributed by atoms with Crippen molar-refractivity contribution in [1.29, 1.82) is 0 Å². The molecule has 1 saturated heterocycles. The summed E-state index contributed by atoms with van der Waals surface area (Å²) in [6, 6.07) is 6.28. The van der Waals surface area contributed by atoms with E-state index in [9.17, 15) is 19.2 Å². The fourth-order valence-electron chi connectivity index (χ4n) is 3.79. The Morgan fingerprint density at radius 1 is 1.17 bits per heavy atom. The van der Waals surface area contributed by atoms with E-state index < -0.39 is 11.9 Å². The molecule has 1 fully saturated rings. The second-order valence-corrected chi connectivity index (χ2v) is 7.36. The number of carbonyl (C=O) groups excluding carboxylic acids is 3. The SMILES string of the molecule is CNCc1cc(=O)[nH]c(NCc2ccc3c(c2)CN(C2CCC(=O)NC2=O)C3=O)n1. The average Bonchev–Trinajstić information content (AvgIpc) is 3.02. The van der Waals surface area contributed by atoms with Crippen molar-refractivity contribution in [2.75, 3.05) is 12.4 Å². The van der Waals surface area contributed by atoms with Crippen LogP contribution in [-0.4, -0.2) is 45.7 Å². The molecular weight excluding hydrogens is 388 g/mol. The molecule has 3 amide bonds. The molecule has 4 N–H and O–H groups in total. The molecule has 3 heterocycles. The van der Waals surface area contributed by atoms with Crippen molar-refractivity contribution < 1.29 is 14.4 Å². The standard InChI is InChI=1S/C20H22N6O4/c1-21-9-13-7-17(28)25-20(23-13)22-8-11-2-3-14-12(6-11)10-26(19(14)30)15-4-5-16(27)24-18(15)29/h2-3,6-7,15,21H,4-5,8-10H2,1H3,(H,24,27,29)(H2,22,23,25,28). The molecule has 10 nitrogen and oxygen atoms in total. The first-order valence-electron chi connectivity index (χ1n) is 9.70. The number of nitrogens with one attached hydrogen (secondary N) is 4. The fraction of sp³-hybridized carbons (Fsp3) is 0.350. The Hall–Kier alpha value is -3.53. The topological polar surface area (TPSA) is 136 Å². The number of H-pyrrole nitrogens is 1. The van der Waals surface area contributed by atoms with E-state index in [1.54, 1.807) is 13.1 Å². The smallest absolute Gasteiger partial charge is 0.255 e. The van der Waals surface area contributed by atoms with Crippen LogP contribution in [0.15, 0.2) is 29.1 Å². The summed E-state index contributed by atoms with van der Waals surface area (Å²) in [6.45, 7) is 1.21. The number of aromatic nitrogens is 2. The summed E-state index contributed by atoms with van der Waals surface area (Å²) < 4.78 is 0. The van der Waals surface area contributed by atoms with E-state index in [0.29, 0.717) is 43.3 Å². The number of piperidine rings is 1. The Morgan fingerprint density at radius 3 is 2.77 bits per heavy atom. The molecule has 2 aliphatic heterocycles. The predicted molar refractivity (Wildman–Crippen MR) is 107 cm³/mol. The minimum Gasteiger partial charge on any atom is -0.352 e. The zero-order valence-corrected chi connectivity index (χ0v) is 16.4. The third-order valence-corrected chi connectivity index (χ3v) is 5.20. The maximum Gasteiger partial charge on any atom is 0.255 e. The molecular formula is C20H22N6O4. The van der Waals surface area contributed by atoms with E-state index in [4.69, 9.17) is 0 Å². The molecule has 1 unspecified atom stereocenters. The van der Waals surface area contributed by atoms with Gasteiger partial charge in [-0.05, 0) is 30.7 Å². The van der Waals surface area contributed by atoms with Crippen LogP contribution in [0.2, 0.25) is 0 Å². The lowest BCUT2D eigenvalue weighted by atomic mass is 10.0. The van der Waals surface area contributed by atoms with Crippen LogP contribution in [-0.2, 0) is 29.2 Å². The van der Waals surface area contributed by atoms with Crippen molar-refractivity contribution in [2.24, 2.45) is 0 Å². The van der Waals surface area contributed by atoms with Crippen molar-refractivity contribution >= 4 is 23.7 Å². The highest BCUT2D eigenvalue weighted by atomic mass is 16.2. The lowest BCUT2D eigenvalue weighted by molar-refractivity contribution is -0.136. The zero-order valence-electron chi connectivity index (χ0n) is 16.4. The van der Waals surface area contributed by atoms with Crippen LogP contribution >= 0.6 is 0 Å². The first-order valence-corrected chi connectivity index (χ1v) is 9.70. The maximum absolute atomic E-state index is 12.7. The fourth-order valence-corrected chi connectivity index (χ4v) is 3.79. The molecule has 1 atom stereocenters. The lowest BCUT2D eigenvalue weighted by Crippen LogP contribution is -2.52. The van der Waals surface area contributed by atoms with Crippen molar-refractivity contribution in [3.63, 3.8) is 0 Å². The van der Waals surface area contributed by atoms with Gasteiger partial charge in [-0.2, -0.15) is 0 Å². The molecule has 2 aliphatic rings. The highest BCUT2D eigenvalue weighted by Crippen LogP contribution is 2.28. The monoisotopic (exact) mass is 410 g/mol. The first-order chi connectivity index (χ1) is 14.4. The molecule has 0 aliphatic carbocycles. The van der Waals surface area contributed by atoms with Crippen molar-refractivity contribution in [3.05, 3.63) is 57.0 Å². The minimum absolute atomic E-state index is 0.204. The van der Waals surface area contributed by atoms with Crippen molar-refractivity contribution in [1.82, 2.24) is 25.5 Å². The molecule has 2 aromatic rings. The van der Waals surface area contributed by atoms with Gasteiger partial charge in [-0.15, -0.1) is 0 Å². The molecule has 0 bridgehead atoms. The molecule has 156 valence electrons. The third kappa shape index (κ3) is 3.94. The van der Waals surface area contributed by atoms with Gasteiger partial charge < -0.3 is 15.5 Å². The summed E-state index contributed by atoms with van der Waals surface area (Å²) >= 11 is 0. The first kappa shape index (κ1) is 19.8. The number of carbonyl (C=O) groups is 3. The van der Waals surface area contributed by atoms with Gasteiger partial charge in [-0.25, -0.2) is 4.98 Å². The van der Waals surface area contributed by atoms with Crippen LogP contribution in [0.1, 0.15) is 40.0 Å². The van der Waals surface area contributed by atoms with E-state index in [1.807, 2.05) is 12.1 Å². The number of imide groups is 1. The van der Waals surface area contributed by atoms with Crippen LogP contribution in [0.3, 0.4) is 0 Å². The third-order valence-electron chi connectivity index (χ3n) is 5.20. The molecule has 4 rings (SSSR count). The predicted octanol–water partition coefficient (Wildman–Crippen LogP) is -0.138. The molecule has 1 aromatic heterocycles. The average molecular weight is 410 g/mol. The van der Waals surface area contributed by atoms with Gasteiger partial charge in [0.05, 0.1) is 5.69 Å². The Balaban J connectivity index is 1.46. The van der Waals surface area contributed by atoms with Gasteiger partial charge in [0.25, 0.3) is 11.5 Å². The van der Waals surface area contributed by atoms with Crippen LogP contribution in [0.5, 0.6) is 0 Å². The second-order valence-electron chi connectivity index (χ2n) is 7.36. The summed E-state index contributed by atoms with van der Waals surface area (Å²) in [5, 5.41) is 8.35. The number of fused-ring (bicyclic) bond motifs is 1. The molecule has 1 aromatic carbocycles. The lowest BCUT2D eigenvalue weighted by Gasteiger charge is -2.29. The van der Waals surface area contributed by atoms with Gasteiger partial charge in [-0.3, -0.25) is 29.5 Å². The summed E-state index contributed by atoms with van der Waals surface area (Å²) in [5.74, 6) is -0.566. The van der Waals surface area contributed by atoms with E-state index in [2.05, 4.69) is 25.9 Å². The van der Waals surface area contributed by atoms with Crippen molar-refractivity contribution in [3.8, 4) is 0 Å². The number of rotatable bonds is 6. The zero-order chi connectivity index (χ0) is 21.3. The van der Waals surface area contributed by atoms with Crippen LogP contribution in [0.4, 0.5) is 5.95 Å². The molecule has 0 saturated carbocycles. The van der Waals surface area contributed by atoms with Gasteiger partial charge in [-0.1, -0.05) is 12.1 Å². The summed E-state index contributed by atoms with van der Waals surface area (Å²) in [7, 11) is 1.78. The number of benzene rings is 1. The van der Waals surface area contributed by atoms with E-state index in [0.717, 1.165) is 11.1 Å². The number of amides is 3. The highest BCUT2D eigenvalue weighted by Gasteiger charge is 2.38. The number of anilines is 1. The largest absolute Gasteiger partial charge is 0.352 e. The van der Waals surface area contributed by atoms with E-state index in [-0.39, 0.29) is 23.8 Å². The molecule has 0 radical (unpaired) electrons. The van der Waals surface area contributed by atoms with Crippen LogP contribution in [0.25, 0.3) is 0 Å². The Morgan fingerprint density at radius 2 is 2.00 bits per heavy atom. The van der Waals surface area contributed by atoms with Gasteiger partial charge >= 0.3 is 0 Å². The Kier molecular flexibility index (Phi) is 5.32. The Labute approximate surface area is 172 Å². The Bertz CT molecular complexity index is 1080. The van der Waals surface area contributed by atoms with E-state index in [1.165, 1.54) is 11.0 Å². The maximum atomic E-state index is 12.7. The van der Waals surface area contributed by atoms with Crippen LogP contribution < -0.4 is 21.5 Å². The van der Waals surface area contributed by atoms with Gasteiger partial charge in [0.2, 0.25) is 17.8 Å². The molecule has 0 spiro atoms. The van der Waals surface area contributed by atoms with Crippen LogP contribution in [0, 0.1) is 0 Å². The minimum atomic E-state index is -0.631. The molecule has 30 heavy (non-hydrogen) atoms. The summed E-state index contributed by atoms with van der Waals surface area (Å²) in [5.41, 5.74) is 2.69. The summed E-state index contributed by atoms with van der Waals surface area (Å²) in [4.78, 5) is 56.5. The van der Waals surface area contributed by atoms with Gasteiger partial charge in [0, 0.05) is 37.7 Å².